The van der Waals surface area contributed by atoms with Crippen LogP contribution in [-0.2, 0) is 4.79 Å². The number of imide groups is 1. The van der Waals surface area contributed by atoms with Crippen molar-refractivity contribution in [2.24, 2.45) is 0 Å². The van der Waals surface area contributed by atoms with Crippen molar-refractivity contribution in [2.75, 3.05) is 13.2 Å². The van der Waals surface area contributed by atoms with E-state index in [-0.39, 0.29) is 29.0 Å². The number of carbonyl (C=O) groups excluding carboxylic acids is 3. The van der Waals surface area contributed by atoms with Crippen LogP contribution in [0.3, 0.4) is 0 Å². The number of aryl methyl sites for hydroxylation is 1. The van der Waals surface area contributed by atoms with E-state index in [1.54, 1.807) is 36.4 Å². The Bertz CT molecular complexity index is 1580. The third kappa shape index (κ3) is 5.66. The monoisotopic (exact) mass is 587 g/mol. The molecule has 1 saturated heterocycles. The smallest absolute Gasteiger partial charge is 0.343 e. The lowest BCUT2D eigenvalue weighted by atomic mass is 10.1. The van der Waals surface area contributed by atoms with Crippen LogP contribution in [0.15, 0.2) is 94.3 Å². The minimum atomic E-state index is -0.513. The van der Waals surface area contributed by atoms with Gasteiger partial charge in [-0.3, -0.25) is 14.5 Å². The van der Waals surface area contributed by atoms with Gasteiger partial charge < -0.3 is 9.47 Å². The van der Waals surface area contributed by atoms with Crippen LogP contribution in [0.2, 0.25) is 0 Å². The van der Waals surface area contributed by atoms with E-state index in [1.165, 1.54) is 0 Å². The van der Waals surface area contributed by atoms with Crippen molar-refractivity contribution in [3.8, 4) is 11.5 Å². The number of hydrogen-bond donors (Lipinski definition) is 0. The molecule has 8 heteroatoms. The number of esters is 1. The topological polar surface area (TPSA) is 72.9 Å². The third-order valence-corrected chi connectivity index (χ3v) is 7.34. The lowest BCUT2D eigenvalue weighted by Crippen LogP contribution is -2.32. The quantitative estimate of drug-likeness (QED) is 0.129. The molecule has 0 N–H and O–H groups in total. The van der Waals surface area contributed by atoms with E-state index < -0.39 is 11.9 Å². The van der Waals surface area contributed by atoms with Gasteiger partial charge in [0.25, 0.3) is 11.1 Å². The molecule has 2 amide bonds. The summed E-state index contributed by atoms with van der Waals surface area (Å²) in [6.07, 6.45) is 1.57. The second-order valence-corrected chi connectivity index (χ2v) is 10.5. The van der Waals surface area contributed by atoms with Gasteiger partial charge in [-0.1, -0.05) is 70.0 Å². The summed E-state index contributed by atoms with van der Waals surface area (Å²) in [5.74, 6) is 0.0441. The molecule has 1 aliphatic heterocycles. The number of thioether (sulfide) groups is 1. The Kier molecular flexibility index (Phi) is 7.62. The van der Waals surface area contributed by atoms with Crippen molar-refractivity contribution in [3.05, 3.63) is 111 Å². The van der Waals surface area contributed by atoms with E-state index in [1.807, 2.05) is 61.5 Å². The predicted molar refractivity (Wildman–Crippen MR) is 152 cm³/mol. The number of ether oxygens (including phenoxy) is 2. The first-order valence-corrected chi connectivity index (χ1v) is 13.4. The van der Waals surface area contributed by atoms with E-state index in [9.17, 15) is 14.4 Å². The molecule has 0 radical (unpaired) electrons. The van der Waals surface area contributed by atoms with E-state index in [2.05, 4.69) is 15.9 Å². The molecule has 6 nitrogen and oxygen atoms in total. The first kappa shape index (κ1) is 25.8. The van der Waals surface area contributed by atoms with E-state index in [4.69, 9.17) is 9.47 Å². The van der Waals surface area contributed by atoms with E-state index >= 15 is 0 Å². The Morgan fingerprint density at radius 3 is 2.53 bits per heavy atom. The Hall–Kier alpha value is -3.88. The highest BCUT2D eigenvalue weighted by molar-refractivity contribution is 9.10. The Balaban J connectivity index is 1.30. The van der Waals surface area contributed by atoms with Crippen molar-refractivity contribution in [1.82, 2.24) is 4.90 Å². The summed E-state index contributed by atoms with van der Waals surface area (Å²) in [5.41, 5.74) is 1.94. The lowest BCUT2D eigenvalue weighted by Gasteiger charge is -2.14. The second-order valence-electron chi connectivity index (χ2n) is 8.60. The fourth-order valence-electron chi connectivity index (χ4n) is 3.98. The summed E-state index contributed by atoms with van der Waals surface area (Å²) >= 11 is 4.27. The van der Waals surface area contributed by atoms with Crippen molar-refractivity contribution in [3.63, 3.8) is 0 Å². The molecule has 38 heavy (non-hydrogen) atoms. The Morgan fingerprint density at radius 2 is 1.71 bits per heavy atom. The summed E-state index contributed by atoms with van der Waals surface area (Å²) in [5, 5.41) is 1.63. The molecule has 1 fully saturated rings. The Morgan fingerprint density at radius 1 is 0.947 bits per heavy atom. The molecule has 4 aromatic carbocycles. The zero-order valence-corrected chi connectivity index (χ0v) is 22.8. The van der Waals surface area contributed by atoms with Crippen LogP contribution in [0, 0.1) is 6.92 Å². The number of hydrogen-bond acceptors (Lipinski definition) is 6. The van der Waals surface area contributed by atoms with Crippen LogP contribution in [0.1, 0.15) is 21.5 Å². The minimum Gasteiger partial charge on any atom is -0.491 e. The number of rotatable bonds is 7. The zero-order chi connectivity index (χ0) is 26.6. The summed E-state index contributed by atoms with van der Waals surface area (Å²) in [7, 11) is 0. The number of benzene rings is 4. The van der Waals surface area contributed by atoms with Crippen molar-refractivity contribution < 1.29 is 23.9 Å². The molecule has 1 aliphatic rings. The third-order valence-electron chi connectivity index (χ3n) is 5.94. The minimum absolute atomic E-state index is 0.110. The first-order valence-electron chi connectivity index (χ1n) is 11.8. The molecule has 190 valence electrons. The van der Waals surface area contributed by atoms with Gasteiger partial charge in [-0.2, -0.15) is 0 Å². The maximum Gasteiger partial charge on any atom is 0.343 e. The maximum absolute atomic E-state index is 13.1. The van der Waals surface area contributed by atoms with Crippen LogP contribution in [0.5, 0.6) is 11.5 Å². The average Bonchev–Trinajstić information content (AvgIpc) is 3.18. The highest BCUT2D eigenvalue weighted by Gasteiger charge is 2.35. The molecule has 0 saturated carbocycles. The molecular formula is C30H22BrNO5S. The van der Waals surface area contributed by atoms with Crippen LogP contribution >= 0.6 is 27.7 Å². The number of fused-ring (bicyclic) bond motifs is 1. The maximum atomic E-state index is 13.1. The standard InChI is InChI=1S/C30H22BrNO5S/c1-19-9-11-21(12-10-19)29(34)37-25-14-13-23(31)17-22(25)18-27-28(33)32(30(35)38-27)15-16-36-26-8-4-6-20-5-2-3-7-24(20)26/h2-14,17-18H,15-16H2,1H3/b27-18-. The highest BCUT2D eigenvalue weighted by atomic mass is 79.9. The summed E-state index contributed by atoms with van der Waals surface area (Å²) in [6, 6.07) is 25.8. The van der Waals surface area contributed by atoms with Crippen LogP contribution in [0.4, 0.5) is 4.79 Å². The van der Waals surface area contributed by atoms with E-state index in [0.717, 1.165) is 37.5 Å². The van der Waals surface area contributed by atoms with Crippen LogP contribution < -0.4 is 9.47 Å². The van der Waals surface area contributed by atoms with Gasteiger partial charge in [0, 0.05) is 15.4 Å². The summed E-state index contributed by atoms with van der Waals surface area (Å²) in [4.78, 5) is 39.8. The van der Waals surface area contributed by atoms with Gasteiger partial charge in [0.05, 0.1) is 17.0 Å². The van der Waals surface area contributed by atoms with Gasteiger partial charge in [0.2, 0.25) is 0 Å². The van der Waals surface area contributed by atoms with Gasteiger partial charge in [-0.25, -0.2) is 4.79 Å². The summed E-state index contributed by atoms with van der Waals surface area (Å²) < 4.78 is 12.3. The highest BCUT2D eigenvalue weighted by Crippen LogP contribution is 2.35. The fraction of sp³-hybridized carbons (Fsp3) is 0.100. The normalized spacial score (nSPS) is 14.4. The molecule has 0 aromatic heterocycles. The molecule has 0 aliphatic carbocycles. The Labute approximate surface area is 232 Å². The van der Waals surface area contributed by atoms with Crippen LogP contribution in [0.25, 0.3) is 16.8 Å². The van der Waals surface area contributed by atoms with Gasteiger partial charge in [0.1, 0.15) is 18.1 Å². The number of halogens is 1. The van der Waals surface area contributed by atoms with Gasteiger partial charge in [-0.15, -0.1) is 0 Å². The SMILES string of the molecule is Cc1ccc(C(=O)Oc2ccc(Br)cc2/C=C2\SC(=O)N(CCOc3cccc4ccccc34)C2=O)cc1. The molecule has 0 bridgehead atoms. The molecular weight excluding hydrogens is 566 g/mol. The van der Waals surface area contributed by atoms with Crippen molar-refractivity contribution in [1.29, 1.82) is 0 Å². The second kappa shape index (κ2) is 11.2. The average molecular weight is 588 g/mol. The van der Waals surface area contributed by atoms with Crippen LogP contribution in [-0.4, -0.2) is 35.2 Å². The molecule has 1 heterocycles. The summed E-state index contributed by atoms with van der Waals surface area (Å²) in [6.45, 7) is 2.21. The largest absolute Gasteiger partial charge is 0.491 e. The van der Waals surface area contributed by atoms with Gasteiger partial charge in [0.15, 0.2) is 0 Å². The predicted octanol–water partition coefficient (Wildman–Crippen LogP) is 7.25. The molecule has 4 aromatic rings. The van der Waals surface area contributed by atoms with Crippen molar-refractivity contribution in [2.45, 2.75) is 6.92 Å². The zero-order valence-electron chi connectivity index (χ0n) is 20.3. The molecule has 0 spiro atoms. The van der Waals surface area contributed by atoms with E-state index in [0.29, 0.717) is 16.9 Å². The first-order chi connectivity index (χ1) is 18.4. The lowest BCUT2D eigenvalue weighted by molar-refractivity contribution is -0.123. The molecule has 0 unspecified atom stereocenters. The number of amides is 2. The number of carbonyl (C=O) groups is 3. The van der Waals surface area contributed by atoms with Gasteiger partial charge in [-0.05, 0) is 66.5 Å². The number of nitrogens with zero attached hydrogens (tertiary/aromatic N) is 1. The fourth-order valence-corrected chi connectivity index (χ4v) is 5.21. The van der Waals surface area contributed by atoms with Crippen molar-refractivity contribution >= 4 is 61.7 Å². The molecule has 0 atom stereocenters. The molecule has 5 rings (SSSR count). The van der Waals surface area contributed by atoms with Gasteiger partial charge >= 0.3 is 5.97 Å².